The molecule has 1 fully saturated rings. The lowest BCUT2D eigenvalue weighted by molar-refractivity contribution is -0.121. The molecule has 0 spiro atoms. The largest absolute Gasteiger partial charge is 0.468 e. The smallest absolute Gasteiger partial charge is 0.241 e. The van der Waals surface area contributed by atoms with Gasteiger partial charge in [-0.1, -0.05) is 23.2 Å². The second kappa shape index (κ2) is 8.23. The summed E-state index contributed by atoms with van der Waals surface area (Å²) in [5.41, 5.74) is 0.544. The van der Waals surface area contributed by atoms with E-state index in [0.717, 1.165) is 38.5 Å². The third kappa shape index (κ3) is 4.76. The van der Waals surface area contributed by atoms with E-state index >= 15 is 0 Å². The normalized spacial score (nSPS) is 17.4. The number of hydrogen-bond acceptors (Lipinski definition) is 4. The molecule has 0 saturated carbocycles. The topological polar surface area (TPSA) is 48.7 Å². The van der Waals surface area contributed by atoms with E-state index in [2.05, 4.69) is 15.1 Å². The molecule has 5 nitrogen and oxygen atoms in total. The summed E-state index contributed by atoms with van der Waals surface area (Å²) >= 11 is 12.1. The summed E-state index contributed by atoms with van der Waals surface area (Å²) in [5.74, 6) is 0.887. The number of benzene rings is 1. The summed E-state index contributed by atoms with van der Waals surface area (Å²) < 4.78 is 5.39. The molecule has 134 valence electrons. The molecule has 2 heterocycles. The highest BCUT2D eigenvalue weighted by Gasteiger charge is 2.26. The highest BCUT2D eigenvalue weighted by Crippen LogP contribution is 2.25. The number of carbonyl (C=O) groups is 1. The van der Waals surface area contributed by atoms with Crippen LogP contribution in [0.1, 0.15) is 12.7 Å². The van der Waals surface area contributed by atoms with Gasteiger partial charge in [0.15, 0.2) is 0 Å². The molecule has 1 unspecified atom stereocenters. The number of carbonyl (C=O) groups excluding carboxylic acids is 1. The fourth-order valence-corrected chi connectivity index (χ4v) is 3.26. The minimum Gasteiger partial charge on any atom is -0.468 e. The van der Waals surface area contributed by atoms with Crippen molar-refractivity contribution in [1.29, 1.82) is 0 Å². The van der Waals surface area contributed by atoms with Gasteiger partial charge in [0.2, 0.25) is 5.91 Å². The van der Waals surface area contributed by atoms with Crippen LogP contribution in [0.4, 0.5) is 5.69 Å². The number of hydrogen-bond donors (Lipinski definition) is 1. The van der Waals surface area contributed by atoms with Crippen molar-refractivity contribution in [2.45, 2.75) is 19.5 Å². The van der Waals surface area contributed by atoms with Crippen LogP contribution in [0.15, 0.2) is 41.0 Å². The average Bonchev–Trinajstić information content (AvgIpc) is 3.11. The van der Waals surface area contributed by atoms with Crippen molar-refractivity contribution in [3.05, 3.63) is 52.4 Å². The van der Waals surface area contributed by atoms with E-state index in [9.17, 15) is 4.79 Å². The molecule has 1 aromatic carbocycles. The summed E-state index contributed by atoms with van der Waals surface area (Å²) in [7, 11) is 0. The van der Waals surface area contributed by atoms with Gasteiger partial charge in [0.25, 0.3) is 0 Å². The highest BCUT2D eigenvalue weighted by atomic mass is 35.5. The Morgan fingerprint density at radius 2 is 2.00 bits per heavy atom. The summed E-state index contributed by atoms with van der Waals surface area (Å²) in [5, 5.41) is 3.89. The molecule has 1 atom stereocenters. The van der Waals surface area contributed by atoms with E-state index in [-0.39, 0.29) is 11.9 Å². The number of anilines is 1. The minimum absolute atomic E-state index is 0.0800. The molecule has 7 heteroatoms. The molecule has 1 amide bonds. The summed E-state index contributed by atoms with van der Waals surface area (Å²) in [4.78, 5) is 17.0. The number of piperazine rings is 1. The van der Waals surface area contributed by atoms with E-state index < -0.39 is 0 Å². The predicted molar refractivity (Wildman–Crippen MR) is 100 cm³/mol. The van der Waals surface area contributed by atoms with Crippen LogP contribution in [0.2, 0.25) is 10.0 Å². The molecule has 1 saturated heterocycles. The van der Waals surface area contributed by atoms with Crippen LogP contribution in [0.25, 0.3) is 0 Å². The third-order valence-corrected chi connectivity index (χ3v) is 5.04. The van der Waals surface area contributed by atoms with Gasteiger partial charge in [0, 0.05) is 31.2 Å². The van der Waals surface area contributed by atoms with Crippen molar-refractivity contribution < 1.29 is 9.21 Å². The van der Waals surface area contributed by atoms with E-state index in [1.54, 1.807) is 24.5 Å². The number of furan rings is 1. The molecular formula is C18H21Cl2N3O2. The zero-order valence-corrected chi connectivity index (χ0v) is 15.6. The van der Waals surface area contributed by atoms with E-state index in [1.807, 2.05) is 19.1 Å². The molecule has 0 radical (unpaired) electrons. The average molecular weight is 382 g/mol. The van der Waals surface area contributed by atoms with Gasteiger partial charge in [0.05, 0.1) is 29.6 Å². The lowest BCUT2D eigenvalue weighted by Gasteiger charge is -2.37. The van der Waals surface area contributed by atoms with Crippen molar-refractivity contribution >= 4 is 34.8 Å². The second-order valence-corrected chi connectivity index (χ2v) is 7.02. The van der Waals surface area contributed by atoms with Gasteiger partial charge in [-0.05, 0) is 37.3 Å². The number of nitrogens with one attached hydrogen (secondary N) is 1. The van der Waals surface area contributed by atoms with Crippen LogP contribution in [0.5, 0.6) is 0 Å². The van der Waals surface area contributed by atoms with Gasteiger partial charge >= 0.3 is 0 Å². The maximum atomic E-state index is 12.5. The van der Waals surface area contributed by atoms with Crippen molar-refractivity contribution in [3.63, 3.8) is 0 Å². The quantitative estimate of drug-likeness (QED) is 0.856. The Morgan fingerprint density at radius 3 is 2.68 bits per heavy atom. The summed E-state index contributed by atoms with van der Waals surface area (Å²) in [6, 6.07) is 8.69. The van der Waals surface area contributed by atoms with Gasteiger partial charge in [-0.3, -0.25) is 14.6 Å². The van der Waals surface area contributed by atoms with E-state index in [0.29, 0.717) is 15.7 Å². The van der Waals surface area contributed by atoms with Gasteiger partial charge in [-0.15, -0.1) is 0 Å². The van der Waals surface area contributed by atoms with Crippen molar-refractivity contribution in [2.75, 3.05) is 31.5 Å². The molecule has 1 N–H and O–H groups in total. The van der Waals surface area contributed by atoms with Gasteiger partial charge in [-0.25, -0.2) is 0 Å². The molecular weight excluding hydrogens is 361 g/mol. The lowest BCUT2D eigenvalue weighted by Crippen LogP contribution is -2.52. The van der Waals surface area contributed by atoms with E-state index in [1.165, 1.54) is 0 Å². The Kier molecular flexibility index (Phi) is 6.02. The molecule has 25 heavy (non-hydrogen) atoms. The Hall–Kier alpha value is -1.53. The molecule has 1 aliphatic rings. The fraction of sp³-hybridized carbons (Fsp3) is 0.389. The third-order valence-electron chi connectivity index (χ3n) is 4.48. The SMILES string of the molecule is CC(C(=O)Nc1cc(Cl)ccc1Cl)N1CCN(Cc2ccco2)CC1. The lowest BCUT2D eigenvalue weighted by atomic mass is 10.2. The monoisotopic (exact) mass is 381 g/mol. The Bertz CT molecular complexity index is 713. The number of rotatable bonds is 5. The van der Waals surface area contributed by atoms with Crippen molar-refractivity contribution in [3.8, 4) is 0 Å². The van der Waals surface area contributed by atoms with Gasteiger partial charge in [0.1, 0.15) is 5.76 Å². The zero-order valence-electron chi connectivity index (χ0n) is 14.0. The highest BCUT2D eigenvalue weighted by molar-refractivity contribution is 6.35. The maximum Gasteiger partial charge on any atom is 0.241 e. The second-order valence-electron chi connectivity index (χ2n) is 6.18. The molecule has 0 bridgehead atoms. The molecule has 0 aliphatic carbocycles. The molecule has 1 aromatic heterocycles. The maximum absolute atomic E-state index is 12.5. The van der Waals surface area contributed by atoms with Gasteiger partial charge < -0.3 is 9.73 Å². The Labute approximate surface area is 157 Å². The predicted octanol–water partition coefficient (Wildman–Crippen LogP) is 3.73. The molecule has 2 aromatic rings. The Morgan fingerprint density at radius 1 is 1.24 bits per heavy atom. The van der Waals surface area contributed by atoms with Crippen LogP contribution in [-0.4, -0.2) is 47.9 Å². The number of amides is 1. The van der Waals surface area contributed by atoms with Crippen LogP contribution in [0, 0.1) is 0 Å². The minimum atomic E-state index is -0.235. The van der Waals surface area contributed by atoms with Crippen molar-refractivity contribution in [2.24, 2.45) is 0 Å². The van der Waals surface area contributed by atoms with Crippen molar-refractivity contribution in [1.82, 2.24) is 9.80 Å². The molecule has 1 aliphatic heterocycles. The van der Waals surface area contributed by atoms with Crippen LogP contribution in [-0.2, 0) is 11.3 Å². The van der Waals surface area contributed by atoms with Crippen LogP contribution >= 0.6 is 23.2 Å². The number of nitrogens with zero attached hydrogens (tertiary/aromatic N) is 2. The number of halogens is 2. The fourth-order valence-electron chi connectivity index (χ4n) is 2.93. The first-order valence-corrected chi connectivity index (χ1v) is 9.03. The first-order chi connectivity index (χ1) is 12.0. The van der Waals surface area contributed by atoms with Crippen LogP contribution in [0.3, 0.4) is 0 Å². The molecule has 3 rings (SSSR count). The van der Waals surface area contributed by atoms with E-state index in [4.69, 9.17) is 27.6 Å². The summed E-state index contributed by atoms with van der Waals surface area (Å²) in [6.45, 7) is 6.18. The zero-order chi connectivity index (χ0) is 17.8. The van der Waals surface area contributed by atoms with Gasteiger partial charge in [-0.2, -0.15) is 0 Å². The first-order valence-electron chi connectivity index (χ1n) is 8.27. The first kappa shape index (κ1) is 18.3. The standard InChI is InChI=1S/C18H21Cl2N3O2/c1-13(18(24)21-17-11-14(19)4-5-16(17)20)23-8-6-22(7-9-23)12-15-3-2-10-25-15/h2-5,10-11,13H,6-9,12H2,1H3,(H,21,24). The van der Waals surface area contributed by atoms with Crippen LogP contribution < -0.4 is 5.32 Å². The summed E-state index contributed by atoms with van der Waals surface area (Å²) in [6.07, 6.45) is 1.69. The Balaban J connectivity index is 1.52.